The minimum atomic E-state index is 0.609. The van der Waals surface area contributed by atoms with Crippen molar-refractivity contribution in [1.29, 1.82) is 0 Å². The molecule has 0 spiro atoms. The molecule has 6 heteroatoms. The summed E-state index contributed by atoms with van der Waals surface area (Å²) >= 11 is 0. The van der Waals surface area contributed by atoms with Crippen LogP contribution in [0.3, 0.4) is 0 Å². The molecular weight excluding hydrogens is 266 g/mol. The normalized spacial score (nSPS) is 10.8. The summed E-state index contributed by atoms with van der Waals surface area (Å²) in [5.74, 6) is 2.20. The van der Waals surface area contributed by atoms with Crippen LogP contribution in [0.25, 0.3) is 22.6 Å². The van der Waals surface area contributed by atoms with Gasteiger partial charge in [0.1, 0.15) is 17.3 Å². The van der Waals surface area contributed by atoms with E-state index in [0.717, 1.165) is 28.4 Å². The number of nitrogen functional groups attached to an aromatic ring is 1. The molecule has 1 aromatic carbocycles. The summed E-state index contributed by atoms with van der Waals surface area (Å²) < 4.78 is 8.79. The molecule has 2 heterocycles. The number of benzene rings is 1. The molecule has 108 valence electrons. The fourth-order valence-electron chi connectivity index (χ4n) is 2.33. The second-order valence-electron chi connectivity index (χ2n) is 4.82. The lowest BCUT2D eigenvalue weighted by Gasteiger charge is -2.06. The van der Waals surface area contributed by atoms with Crippen molar-refractivity contribution < 1.29 is 4.74 Å². The highest BCUT2D eigenvalue weighted by molar-refractivity contribution is 5.86. The molecule has 6 nitrogen and oxygen atoms in total. The number of nitrogens with two attached hydrogens (primary N) is 1. The zero-order valence-corrected chi connectivity index (χ0v) is 12.2. The first-order chi connectivity index (χ1) is 10.1. The van der Waals surface area contributed by atoms with Crippen molar-refractivity contribution in [3.8, 4) is 28.4 Å². The number of aryl methyl sites for hydroxylation is 2. The number of hydrogen-bond donors (Lipinski definition) is 1. The molecule has 3 rings (SSSR count). The lowest BCUT2D eigenvalue weighted by Crippen LogP contribution is -1.98. The van der Waals surface area contributed by atoms with Crippen LogP contribution in [0.4, 0.5) is 5.82 Å². The number of anilines is 1. The third-order valence-electron chi connectivity index (χ3n) is 3.50. The van der Waals surface area contributed by atoms with Gasteiger partial charge in [0, 0.05) is 26.5 Å². The van der Waals surface area contributed by atoms with Gasteiger partial charge in [0.2, 0.25) is 0 Å². The third-order valence-corrected chi connectivity index (χ3v) is 3.50. The summed E-state index contributed by atoms with van der Waals surface area (Å²) in [6, 6.07) is 7.76. The van der Waals surface area contributed by atoms with E-state index in [1.54, 1.807) is 18.0 Å². The van der Waals surface area contributed by atoms with Crippen LogP contribution in [0, 0.1) is 0 Å². The maximum Gasteiger partial charge on any atom is 0.161 e. The fourth-order valence-corrected chi connectivity index (χ4v) is 2.33. The molecular formula is C15H17N5O. The Labute approximate surface area is 122 Å². The van der Waals surface area contributed by atoms with Gasteiger partial charge in [-0.05, 0) is 17.7 Å². The Kier molecular flexibility index (Phi) is 3.13. The van der Waals surface area contributed by atoms with Crippen molar-refractivity contribution in [3.05, 3.63) is 36.7 Å². The van der Waals surface area contributed by atoms with Crippen molar-refractivity contribution in [1.82, 2.24) is 19.3 Å². The maximum atomic E-state index is 6.19. The number of methoxy groups -OCH3 is 1. The predicted octanol–water partition coefficient (Wildman–Crippen LogP) is 2.08. The Morgan fingerprint density at radius 2 is 1.86 bits per heavy atom. The van der Waals surface area contributed by atoms with Gasteiger partial charge in [0.25, 0.3) is 0 Å². The molecule has 2 N–H and O–H groups in total. The quantitative estimate of drug-likeness (QED) is 0.799. The van der Waals surface area contributed by atoms with E-state index in [2.05, 4.69) is 10.1 Å². The molecule has 21 heavy (non-hydrogen) atoms. The number of imidazole rings is 1. The van der Waals surface area contributed by atoms with E-state index in [1.807, 2.05) is 49.1 Å². The van der Waals surface area contributed by atoms with Crippen LogP contribution >= 0.6 is 0 Å². The van der Waals surface area contributed by atoms with Gasteiger partial charge in [0.15, 0.2) is 5.82 Å². The molecule has 3 aromatic rings. The molecule has 0 saturated heterocycles. The topological polar surface area (TPSA) is 70.9 Å². The Hall–Kier alpha value is -2.76. The highest BCUT2D eigenvalue weighted by Gasteiger charge is 2.20. The van der Waals surface area contributed by atoms with Crippen LogP contribution in [0.2, 0.25) is 0 Å². The number of hydrogen-bond acceptors (Lipinski definition) is 4. The molecule has 0 atom stereocenters. The van der Waals surface area contributed by atoms with E-state index in [9.17, 15) is 0 Å². The first-order valence-electron chi connectivity index (χ1n) is 6.56. The van der Waals surface area contributed by atoms with Gasteiger partial charge in [0.05, 0.1) is 12.7 Å². The standard InChI is InChI=1S/C15H17N5O/c1-19-9-8-17-15(19)13-12(14(16)20(2)18-13)10-4-6-11(21-3)7-5-10/h4-9H,16H2,1-3H3. The van der Waals surface area contributed by atoms with Crippen LogP contribution in [-0.2, 0) is 14.1 Å². The molecule has 0 radical (unpaired) electrons. The van der Waals surface area contributed by atoms with Crippen LogP contribution < -0.4 is 10.5 Å². The van der Waals surface area contributed by atoms with Crippen LogP contribution in [-0.4, -0.2) is 26.4 Å². The molecule has 0 aliphatic rings. The van der Waals surface area contributed by atoms with E-state index in [4.69, 9.17) is 10.5 Å². The largest absolute Gasteiger partial charge is 0.497 e. The Morgan fingerprint density at radius 3 is 2.43 bits per heavy atom. The van der Waals surface area contributed by atoms with Crippen molar-refractivity contribution in [2.24, 2.45) is 14.1 Å². The molecule has 0 amide bonds. The van der Waals surface area contributed by atoms with Gasteiger partial charge < -0.3 is 15.0 Å². The second-order valence-corrected chi connectivity index (χ2v) is 4.82. The molecule has 0 aliphatic heterocycles. The van der Waals surface area contributed by atoms with E-state index < -0.39 is 0 Å². The molecule has 0 aliphatic carbocycles. The van der Waals surface area contributed by atoms with Crippen molar-refractivity contribution in [2.75, 3.05) is 12.8 Å². The van der Waals surface area contributed by atoms with Crippen molar-refractivity contribution >= 4 is 5.82 Å². The molecule has 0 saturated carbocycles. The first-order valence-corrected chi connectivity index (χ1v) is 6.56. The molecule has 0 bridgehead atoms. The van der Waals surface area contributed by atoms with Crippen molar-refractivity contribution in [2.45, 2.75) is 0 Å². The summed E-state index contributed by atoms with van der Waals surface area (Å²) in [5.41, 5.74) is 8.83. The smallest absolute Gasteiger partial charge is 0.161 e. The summed E-state index contributed by atoms with van der Waals surface area (Å²) in [5, 5.41) is 4.51. The maximum absolute atomic E-state index is 6.19. The lowest BCUT2D eigenvalue weighted by molar-refractivity contribution is 0.415. The van der Waals surface area contributed by atoms with Gasteiger partial charge in [-0.25, -0.2) is 4.98 Å². The minimum absolute atomic E-state index is 0.609. The van der Waals surface area contributed by atoms with Gasteiger partial charge in [-0.2, -0.15) is 5.10 Å². The average Bonchev–Trinajstić information content (AvgIpc) is 3.04. The summed E-state index contributed by atoms with van der Waals surface area (Å²) in [6.45, 7) is 0. The summed E-state index contributed by atoms with van der Waals surface area (Å²) in [7, 11) is 5.41. The van der Waals surface area contributed by atoms with Crippen LogP contribution in [0.1, 0.15) is 0 Å². The first kappa shape index (κ1) is 13.2. The van der Waals surface area contributed by atoms with E-state index in [1.165, 1.54) is 0 Å². The summed E-state index contributed by atoms with van der Waals surface area (Å²) in [6.07, 6.45) is 3.63. The summed E-state index contributed by atoms with van der Waals surface area (Å²) in [4.78, 5) is 4.37. The highest BCUT2D eigenvalue weighted by Crippen LogP contribution is 2.35. The second kappa shape index (κ2) is 4.97. The zero-order chi connectivity index (χ0) is 15.0. The van der Waals surface area contributed by atoms with Gasteiger partial charge in [-0.15, -0.1) is 0 Å². The number of aromatic nitrogens is 4. The van der Waals surface area contributed by atoms with E-state index in [0.29, 0.717) is 5.82 Å². The van der Waals surface area contributed by atoms with Crippen molar-refractivity contribution in [3.63, 3.8) is 0 Å². The number of rotatable bonds is 3. The third kappa shape index (κ3) is 2.14. The number of nitrogens with zero attached hydrogens (tertiary/aromatic N) is 4. The van der Waals surface area contributed by atoms with E-state index in [-0.39, 0.29) is 0 Å². The average molecular weight is 283 g/mol. The monoisotopic (exact) mass is 283 g/mol. The SMILES string of the molecule is COc1ccc(-c2c(-c3nccn3C)nn(C)c2N)cc1. The molecule has 0 fully saturated rings. The highest BCUT2D eigenvalue weighted by atomic mass is 16.5. The molecule has 0 unspecified atom stereocenters. The van der Waals surface area contributed by atoms with Crippen LogP contribution in [0.15, 0.2) is 36.7 Å². The fraction of sp³-hybridized carbons (Fsp3) is 0.200. The Bertz CT molecular complexity index is 770. The zero-order valence-electron chi connectivity index (χ0n) is 12.2. The predicted molar refractivity (Wildman–Crippen MR) is 81.8 cm³/mol. The minimum Gasteiger partial charge on any atom is -0.497 e. The van der Waals surface area contributed by atoms with Gasteiger partial charge in [-0.3, -0.25) is 4.68 Å². The van der Waals surface area contributed by atoms with E-state index >= 15 is 0 Å². The van der Waals surface area contributed by atoms with Gasteiger partial charge >= 0.3 is 0 Å². The van der Waals surface area contributed by atoms with Crippen LogP contribution in [0.5, 0.6) is 5.75 Å². The lowest BCUT2D eigenvalue weighted by atomic mass is 10.0. The molecule has 2 aromatic heterocycles. The Balaban J connectivity index is 2.19. The van der Waals surface area contributed by atoms with Gasteiger partial charge in [-0.1, -0.05) is 12.1 Å². The Morgan fingerprint density at radius 1 is 1.14 bits per heavy atom. The number of ether oxygens (including phenoxy) is 1.